The second-order valence-corrected chi connectivity index (χ2v) is 21.1. The van der Waals surface area contributed by atoms with Crippen molar-refractivity contribution in [3.63, 3.8) is 0 Å². The summed E-state index contributed by atoms with van der Waals surface area (Å²) in [5, 5.41) is 13.9. The maximum Gasteiger partial charge on any atom is 0.312 e. The van der Waals surface area contributed by atoms with Gasteiger partial charge in [0.15, 0.2) is 5.75 Å². The molecule has 2 aromatic heterocycles. The smallest absolute Gasteiger partial charge is 0.312 e. The summed E-state index contributed by atoms with van der Waals surface area (Å²) in [4.78, 5) is 42.5. The Balaban J connectivity index is 0.894. The van der Waals surface area contributed by atoms with Crippen LogP contribution in [0.4, 0.5) is 22.7 Å². The van der Waals surface area contributed by atoms with E-state index in [2.05, 4.69) is 50.4 Å². The molecule has 0 unspecified atom stereocenters. The number of carbonyl (C=O) groups is 1. The maximum absolute atomic E-state index is 14.4. The highest BCUT2D eigenvalue weighted by atomic mass is 35.5. The van der Waals surface area contributed by atoms with E-state index in [0.717, 1.165) is 87.2 Å². The number of fused-ring (bicyclic) bond motifs is 2. The molecule has 6 heterocycles. The number of benzene rings is 3. The second-order valence-electron chi connectivity index (χ2n) is 19.0. The van der Waals surface area contributed by atoms with Crippen molar-refractivity contribution in [2.75, 3.05) is 82.0 Å². The molecule has 0 spiro atoms. The van der Waals surface area contributed by atoms with Crippen molar-refractivity contribution in [3.8, 4) is 11.6 Å². The van der Waals surface area contributed by atoms with Crippen molar-refractivity contribution in [1.82, 2.24) is 24.5 Å². The average molecular weight is 952 g/mol. The Morgan fingerprint density at radius 2 is 1.75 bits per heavy atom. The third-order valence-electron chi connectivity index (χ3n) is 13.9. The van der Waals surface area contributed by atoms with Crippen molar-refractivity contribution in [2.45, 2.75) is 63.0 Å². The number of aromatic nitrogens is 2. The van der Waals surface area contributed by atoms with Crippen molar-refractivity contribution < 1.29 is 32.3 Å². The maximum atomic E-state index is 14.4. The summed E-state index contributed by atoms with van der Waals surface area (Å²) in [5.41, 5.74) is 6.59. The molecule has 10 rings (SSSR count). The number of nitrogens with zero attached hydrogens (tertiary/aromatic N) is 6. The molecular weight excluding hydrogens is 896 g/mol. The number of amides is 1. The van der Waals surface area contributed by atoms with E-state index in [1.807, 2.05) is 41.3 Å². The highest BCUT2D eigenvalue weighted by Crippen LogP contribution is 2.44. The van der Waals surface area contributed by atoms with Crippen LogP contribution in [-0.2, 0) is 14.8 Å². The van der Waals surface area contributed by atoms with Gasteiger partial charge in [0.25, 0.3) is 15.9 Å². The van der Waals surface area contributed by atoms with Gasteiger partial charge in [0.1, 0.15) is 24.0 Å². The Morgan fingerprint density at radius 3 is 2.48 bits per heavy atom. The van der Waals surface area contributed by atoms with Gasteiger partial charge in [0.05, 0.1) is 46.9 Å². The lowest BCUT2D eigenvalue weighted by molar-refractivity contribution is -0.386. The van der Waals surface area contributed by atoms with E-state index in [0.29, 0.717) is 61.5 Å². The molecule has 1 amide bonds. The fourth-order valence-electron chi connectivity index (χ4n) is 10.0. The fraction of sp³-hybridized carbons (Fsp3) is 0.429. The number of allylic oxidation sites excluding steroid dienone is 1. The van der Waals surface area contributed by atoms with Crippen LogP contribution in [0.15, 0.2) is 89.5 Å². The van der Waals surface area contributed by atoms with Gasteiger partial charge in [0, 0.05) is 74.2 Å². The zero-order valence-electron chi connectivity index (χ0n) is 37.7. The number of pyridine rings is 1. The SMILES string of the molecule is CC1(C)CCC(CN2CCN(c3ccc(C(=O)NS(=O)(=O)c4ccc(OC5CCN(C6COC6)CC5)c([N+](=O)[O-])c4)c(N4CCOc5nc6[nH]ccc6cc54)c3)CC2)=C(c2ccc(Cl)cc2)C1. The number of piperazine rings is 1. The number of nitro groups is 1. The van der Waals surface area contributed by atoms with E-state index in [-0.39, 0.29) is 29.4 Å². The van der Waals surface area contributed by atoms with Crippen LogP contribution in [0.2, 0.25) is 5.02 Å². The van der Waals surface area contributed by atoms with E-state index < -0.39 is 31.4 Å². The Morgan fingerprint density at radius 1 is 0.970 bits per heavy atom. The van der Waals surface area contributed by atoms with Gasteiger partial charge < -0.3 is 29.0 Å². The van der Waals surface area contributed by atoms with Crippen LogP contribution in [0.1, 0.15) is 61.9 Å². The number of aromatic amines is 1. The Kier molecular flexibility index (Phi) is 12.4. The number of anilines is 3. The van der Waals surface area contributed by atoms with Crippen molar-refractivity contribution >= 4 is 66.9 Å². The molecule has 5 aromatic rings. The monoisotopic (exact) mass is 950 g/mol. The summed E-state index contributed by atoms with van der Waals surface area (Å²) in [6, 6.07) is 21.3. The zero-order valence-corrected chi connectivity index (χ0v) is 39.3. The average Bonchev–Trinajstić information content (AvgIpc) is 3.76. The number of likely N-dealkylation sites (tertiary alicyclic amines) is 1. The number of rotatable bonds is 12. The van der Waals surface area contributed by atoms with Gasteiger partial charge in [-0.05, 0) is 103 Å². The van der Waals surface area contributed by atoms with Gasteiger partial charge in [0.2, 0.25) is 5.88 Å². The number of piperidine rings is 1. The summed E-state index contributed by atoms with van der Waals surface area (Å²) in [5.74, 6) is -0.527. The summed E-state index contributed by atoms with van der Waals surface area (Å²) < 4.78 is 47.6. The molecule has 0 atom stereocenters. The minimum absolute atomic E-state index is 0.0201. The molecule has 18 heteroatoms. The number of nitrogens with one attached hydrogen (secondary N) is 2. The van der Waals surface area contributed by atoms with E-state index in [1.54, 1.807) is 12.3 Å². The van der Waals surface area contributed by atoms with Crippen molar-refractivity contribution in [3.05, 3.63) is 111 Å². The van der Waals surface area contributed by atoms with E-state index >= 15 is 0 Å². The lowest BCUT2D eigenvalue weighted by Gasteiger charge is -2.41. The summed E-state index contributed by atoms with van der Waals surface area (Å²) in [6.07, 6.45) is 6.07. The van der Waals surface area contributed by atoms with Crippen LogP contribution < -0.4 is 24.0 Å². The molecule has 1 aliphatic carbocycles. The first-order valence-electron chi connectivity index (χ1n) is 23.1. The first kappa shape index (κ1) is 45.1. The molecule has 16 nitrogen and oxygen atoms in total. The van der Waals surface area contributed by atoms with Gasteiger partial charge in [-0.1, -0.05) is 43.2 Å². The van der Waals surface area contributed by atoms with E-state index in [9.17, 15) is 23.3 Å². The molecule has 0 radical (unpaired) electrons. The zero-order chi connectivity index (χ0) is 46.5. The third-order valence-corrected chi connectivity index (χ3v) is 15.5. The minimum Gasteiger partial charge on any atom is -0.483 e. The number of halogens is 1. The molecule has 352 valence electrons. The standard InChI is InChI=1S/C49H55ClN8O8S/c1-49(2)15-11-34(41(28-49)32-3-5-35(50)6-4-32)29-54-19-21-56(22-20-54)36-7-9-40(42(26-36)57-23-24-65-48-44(57)25-33-12-16-51-46(33)52-48)47(59)53-67(62,63)39-8-10-45(43(27-39)58(60)61)66-38-13-17-55(18-14-38)37-30-64-31-37/h3-10,12,16,25-27,37-38H,11,13-15,17-24,28-31H2,1-2H3,(H,51,52)(H,53,59). The first-order valence-corrected chi connectivity index (χ1v) is 24.9. The lowest BCUT2D eigenvalue weighted by Crippen LogP contribution is -2.52. The quantitative estimate of drug-likeness (QED) is 0.0917. The summed E-state index contributed by atoms with van der Waals surface area (Å²) in [6.45, 7) is 12.3. The minimum atomic E-state index is -4.60. The molecule has 67 heavy (non-hydrogen) atoms. The number of nitro benzene ring substituents is 1. The van der Waals surface area contributed by atoms with Gasteiger partial charge in [-0.2, -0.15) is 4.98 Å². The highest BCUT2D eigenvalue weighted by Gasteiger charge is 2.34. The van der Waals surface area contributed by atoms with Crippen LogP contribution in [0.3, 0.4) is 0 Å². The number of carbonyl (C=O) groups excluding carboxylic acids is 1. The molecule has 3 saturated heterocycles. The molecule has 2 N–H and O–H groups in total. The van der Waals surface area contributed by atoms with Gasteiger partial charge in [-0.15, -0.1) is 0 Å². The molecule has 0 saturated carbocycles. The Labute approximate surface area is 395 Å². The molecule has 4 aliphatic heterocycles. The van der Waals surface area contributed by atoms with Crippen LogP contribution >= 0.6 is 11.6 Å². The topological polar surface area (TPSA) is 176 Å². The third kappa shape index (κ3) is 9.57. The largest absolute Gasteiger partial charge is 0.483 e. The molecule has 5 aliphatic rings. The van der Waals surface area contributed by atoms with E-state index in [4.69, 9.17) is 30.8 Å². The predicted molar refractivity (Wildman–Crippen MR) is 257 cm³/mol. The summed E-state index contributed by atoms with van der Waals surface area (Å²) >= 11 is 6.27. The van der Waals surface area contributed by atoms with E-state index in [1.165, 1.54) is 28.8 Å². The summed E-state index contributed by atoms with van der Waals surface area (Å²) in [7, 11) is -4.60. The predicted octanol–water partition coefficient (Wildman–Crippen LogP) is 7.80. The van der Waals surface area contributed by atoms with Crippen molar-refractivity contribution in [2.24, 2.45) is 5.41 Å². The Bertz CT molecular complexity index is 2830. The number of sulfonamides is 1. The molecular formula is C49H55ClN8O8S. The molecule has 3 aromatic carbocycles. The number of hydrogen-bond acceptors (Lipinski definition) is 13. The number of ether oxygens (including phenoxy) is 3. The Hall–Kier alpha value is -5.72. The first-order chi connectivity index (χ1) is 32.3. The lowest BCUT2D eigenvalue weighted by atomic mass is 9.72. The molecule has 0 bridgehead atoms. The number of H-pyrrole nitrogens is 1. The fourth-order valence-corrected chi connectivity index (χ4v) is 11.1. The van der Waals surface area contributed by atoms with Gasteiger partial charge >= 0.3 is 5.69 Å². The van der Waals surface area contributed by atoms with Crippen molar-refractivity contribution in [1.29, 1.82) is 0 Å². The normalized spacial score (nSPS) is 19.7. The van der Waals surface area contributed by atoms with Crippen LogP contribution in [0.25, 0.3) is 16.6 Å². The van der Waals surface area contributed by atoms with Gasteiger partial charge in [-0.3, -0.25) is 24.7 Å². The highest BCUT2D eigenvalue weighted by molar-refractivity contribution is 7.90. The van der Waals surface area contributed by atoms with Crippen LogP contribution in [0, 0.1) is 15.5 Å². The molecule has 3 fully saturated rings. The van der Waals surface area contributed by atoms with Crippen LogP contribution in [-0.4, -0.2) is 123 Å². The van der Waals surface area contributed by atoms with Crippen LogP contribution in [0.5, 0.6) is 11.6 Å². The van der Waals surface area contributed by atoms with Gasteiger partial charge in [-0.25, -0.2) is 13.1 Å². The number of hydrogen-bond donors (Lipinski definition) is 2. The second kappa shape index (κ2) is 18.4.